The quantitative estimate of drug-likeness (QED) is 0.803. The molecule has 3 heterocycles. The smallest absolute Gasteiger partial charge is 0.0991 e. The third-order valence-electron chi connectivity index (χ3n) is 3.09. The maximum atomic E-state index is 4.13. The molecule has 4 heteroatoms. The van der Waals surface area contributed by atoms with Gasteiger partial charge in [0.05, 0.1) is 18.0 Å². The number of piperazine rings is 1. The summed E-state index contributed by atoms with van der Waals surface area (Å²) in [7, 11) is 0. The van der Waals surface area contributed by atoms with Gasteiger partial charge in [-0.15, -0.1) is 0 Å². The minimum Gasteiger partial charge on any atom is -0.314 e. The Hall–Kier alpha value is -1.39. The minimum absolute atomic E-state index is 1.04. The molecule has 2 aromatic heterocycles. The standard InChI is InChI=1S/C12H16N4/c1-4-16-10-14-8-12(16)7-11(1)9-15-5-2-13-3-6-15/h1,4,7-8,10,13H,2-3,5-6,9H2. The van der Waals surface area contributed by atoms with Gasteiger partial charge in [-0.2, -0.15) is 0 Å². The average Bonchev–Trinajstić information content (AvgIpc) is 2.77. The maximum absolute atomic E-state index is 4.13. The van der Waals surface area contributed by atoms with Crippen LogP contribution < -0.4 is 5.32 Å². The average molecular weight is 216 g/mol. The molecule has 16 heavy (non-hydrogen) atoms. The Morgan fingerprint density at radius 3 is 3.06 bits per heavy atom. The van der Waals surface area contributed by atoms with Crippen LogP contribution in [0, 0.1) is 0 Å². The van der Waals surface area contributed by atoms with Crippen LogP contribution in [0.25, 0.3) is 5.52 Å². The van der Waals surface area contributed by atoms with Crippen molar-refractivity contribution in [3.63, 3.8) is 0 Å². The van der Waals surface area contributed by atoms with Crippen LogP contribution in [0.5, 0.6) is 0 Å². The minimum atomic E-state index is 1.04. The number of aromatic nitrogens is 2. The van der Waals surface area contributed by atoms with Crippen molar-refractivity contribution in [2.75, 3.05) is 26.2 Å². The predicted molar refractivity (Wildman–Crippen MR) is 63.3 cm³/mol. The third-order valence-corrected chi connectivity index (χ3v) is 3.09. The second kappa shape index (κ2) is 4.23. The molecule has 0 aromatic carbocycles. The van der Waals surface area contributed by atoms with E-state index < -0.39 is 0 Å². The van der Waals surface area contributed by atoms with Gasteiger partial charge in [-0.05, 0) is 17.7 Å². The summed E-state index contributed by atoms with van der Waals surface area (Å²) < 4.78 is 2.04. The van der Waals surface area contributed by atoms with Crippen molar-refractivity contribution >= 4 is 5.52 Å². The van der Waals surface area contributed by atoms with E-state index in [0.717, 1.165) is 32.7 Å². The number of nitrogens with one attached hydrogen (secondary N) is 1. The molecular weight excluding hydrogens is 200 g/mol. The molecule has 0 spiro atoms. The van der Waals surface area contributed by atoms with Gasteiger partial charge in [0.25, 0.3) is 0 Å². The molecule has 0 saturated carbocycles. The number of fused-ring (bicyclic) bond motifs is 1. The highest BCUT2D eigenvalue weighted by Gasteiger charge is 2.09. The lowest BCUT2D eigenvalue weighted by atomic mass is 10.2. The molecule has 0 unspecified atom stereocenters. The first-order valence-electron chi connectivity index (χ1n) is 5.75. The first-order chi connectivity index (χ1) is 7.92. The fraction of sp³-hybridized carbons (Fsp3) is 0.417. The summed E-state index contributed by atoms with van der Waals surface area (Å²) in [5, 5.41) is 3.37. The van der Waals surface area contributed by atoms with Gasteiger partial charge in [-0.25, -0.2) is 4.98 Å². The van der Waals surface area contributed by atoms with E-state index in [4.69, 9.17) is 0 Å². The van der Waals surface area contributed by atoms with E-state index >= 15 is 0 Å². The zero-order valence-electron chi connectivity index (χ0n) is 9.26. The molecule has 0 atom stereocenters. The summed E-state index contributed by atoms with van der Waals surface area (Å²) in [5.74, 6) is 0. The number of hydrogen-bond donors (Lipinski definition) is 1. The normalized spacial score (nSPS) is 18.0. The Morgan fingerprint density at radius 1 is 1.31 bits per heavy atom. The second-order valence-corrected chi connectivity index (χ2v) is 4.29. The Bertz CT molecular complexity index is 471. The Kier molecular flexibility index (Phi) is 2.60. The van der Waals surface area contributed by atoms with Crippen molar-refractivity contribution in [2.24, 2.45) is 0 Å². The van der Waals surface area contributed by atoms with Gasteiger partial charge in [-0.3, -0.25) is 4.90 Å². The van der Waals surface area contributed by atoms with Crippen molar-refractivity contribution in [3.05, 3.63) is 36.4 Å². The van der Waals surface area contributed by atoms with Gasteiger partial charge in [0.1, 0.15) is 0 Å². The summed E-state index contributed by atoms with van der Waals surface area (Å²) in [6.07, 6.45) is 5.82. The zero-order chi connectivity index (χ0) is 10.8. The highest BCUT2D eigenvalue weighted by Crippen LogP contribution is 2.09. The van der Waals surface area contributed by atoms with E-state index in [-0.39, 0.29) is 0 Å². The number of imidazole rings is 1. The number of hydrogen-bond acceptors (Lipinski definition) is 3. The fourth-order valence-corrected chi connectivity index (χ4v) is 2.19. The molecule has 4 nitrogen and oxygen atoms in total. The predicted octanol–water partition coefficient (Wildman–Crippen LogP) is 0.739. The molecule has 1 N–H and O–H groups in total. The van der Waals surface area contributed by atoms with E-state index in [1.807, 2.05) is 16.9 Å². The highest BCUT2D eigenvalue weighted by molar-refractivity contribution is 5.46. The van der Waals surface area contributed by atoms with Crippen molar-refractivity contribution in [1.82, 2.24) is 19.6 Å². The highest BCUT2D eigenvalue weighted by atomic mass is 15.2. The number of rotatable bonds is 2. The molecular formula is C12H16N4. The molecule has 2 aromatic rings. The summed E-state index contributed by atoms with van der Waals surface area (Å²) in [6.45, 7) is 5.54. The second-order valence-electron chi connectivity index (χ2n) is 4.29. The van der Waals surface area contributed by atoms with Crippen molar-refractivity contribution < 1.29 is 0 Å². The van der Waals surface area contributed by atoms with Gasteiger partial charge < -0.3 is 9.72 Å². The van der Waals surface area contributed by atoms with Crippen LogP contribution in [0.4, 0.5) is 0 Å². The summed E-state index contributed by atoms with van der Waals surface area (Å²) in [6, 6.07) is 4.39. The maximum Gasteiger partial charge on any atom is 0.0991 e. The molecule has 1 fully saturated rings. The number of pyridine rings is 1. The van der Waals surface area contributed by atoms with E-state index in [1.165, 1.54) is 11.1 Å². The van der Waals surface area contributed by atoms with Gasteiger partial charge in [0.15, 0.2) is 0 Å². The molecule has 3 rings (SSSR count). The lowest BCUT2D eigenvalue weighted by Crippen LogP contribution is -2.42. The molecule has 84 valence electrons. The van der Waals surface area contributed by atoms with Crippen LogP contribution in [-0.4, -0.2) is 40.5 Å². The first kappa shape index (κ1) is 9.81. The summed E-state index contributed by atoms with van der Waals surface area (Å²) in [4.78, 5) is 6.61. The van der Waals surface area contributed by atoms with Gasteiger partial charge in [0, 0.05) is 38.9 Å². The van der Waals surface area contributed by atoms with Crippen molar-refractivity contribution in [3.8, 4) is 0 Å². The third kappa shape index (κ3) is 1.94. The van der Waals surface area contributed by atoms with Crippen LogP contribution in [-0.2, 0) is 6.54 Å². The molecule has 0 radical (unpaired) electrons. The van der Waals surface area contributed by atoms with E-state index in [1.54, 1.807) is 0 Å². The molecule has 1 saturated heterocycles. The summed E-state index contributed by atoms with van der Waals surface area (Å²) in [5.41, 5.74) is 2.54. The SMILES string of the molecule is c1cn2cncc2cc1CN1CCNCC1. The molecule has 1 aliphatic heterocycles. The Balaban J connectivity index is 1.77. The van der Waals surface area contributed by atoms with Crippen LogP contribution >= 0.6 is 0 Å². The first-order valence-corrected chi connectivity index (χ1v) is 5.75. The van der Waals surface area contributed by atoms with Crippen molar-refractivity contribution in [1.29, 1.82) is 0 Å². The molecule has 0 bridgehead atoms. The molecule has 1 aliphatic rings. The largest absolute Gasteiger partial charge is 0.314 e. The Labute approximate surface area is 94.9 Å². The Morgan fingerprint density at radius 2 is 2.19 bits per heavy atom. The van der Waals surface area contributed by atoms with E-state index in [0.29, 0.717) is 0 Å². The number of nitrogens with zero attached hydrogens (tertiary/aromatic N) is 3. The topological polar surface area (TPSA) is 32.6 Å². The lowest BCUT2D eigenvalue weighted by molar-refractivity contribution is 0.233. The zero-order valence-corrected chi connectivity index (χ0v) is 9.26. The fourth-order valence-electron chi connectivity index (χ4n) is 2.19. The van der Waals surface area contributed by atoms with Crippen LogP contribution in [0.15, 0.2) is 30.9 Å². The van der Waals surface area contributed by atoms with Gasteiger partial charge >= 0.3 is 0 Å². The van der Waals surface area contributed by atoms with Crippen molar-refractivity contribution in [2.45, 2.75) is 6.54 Å². The van der Waals surface area contributed by atoms with Crippen LogP contribution in [0.1, 0.15) is 5.56 Å². The summed E-state index contributed by atoms with van der Waals surface area (Å²) >= 11 is 0. The van der Waals surface area contributed by atoms with E-state index in [2.05, 4.69) is 33.5 Å². The monoisotopic (exact) mass is 216 g/mol. The molecule has 0 aliphatic carbocycles. The molecule has 0 amide bonds. The van der Waals surface area contributed by atoms with Gasteiger partial charge in [0.2, 0.25) is 0 Å². The van der Waals surface area contributed by atoms with Crippen LogP contribution in [0.3, 0.4) is 0 Å². The van der Waals surface area contributed by atoms with Gasteiger partial charge in [-0.1, -0.05) is 0 Å². The van der Waals surface area contributed by atoms with E-state index in [9.17, 15) is 0 Å². The van der Waals surface area contributed by atoms with Crippen LogP contribution in [0.2, 0.25) is 0 Å². The lowest BCUT2D eigenvalue weighted by Gasteiger charge is -2.27.